The number of benzene rings is 1. The molecule has 1 aromatic carbocycles. The van der Waals surface area contributed by atoms with Crippen LogP contribution in [0.3, 0.4) is 0 Å². The van der Waals surface area contributed by atoms with Crippen molar-refractivity contribution in [2.75, 3.05) is 12.4 Å². The zero-order valence-electron chi connectivity index (χ0n) is 8.71. The van der Waals surface area contributed by atoms with Gasteiger partial charge >= 0.3 is 0 Å². The molecule has 15 heavy (non-hydrogen) atoms. The lowest BCUT2D eigenvalue weighted by Crippen LogP contribution is -2.18. The van der Waals surface area contributed by atoms with Gasteiger partial charge in [-0.15, -0.1) is 11.6 Å². The summed E-state index contributed by atoms with van der Waals surface area (Å²) in [5.74, 6) is 0.566. The molecule has 0 bridgehead atoms. The standard InChI is InChI=1S/C12H15Cl2N/c1-10(15-9-3-2-8-13)11-4-6-12(14)7-5-11/h2-7,10,15H,8-9H2,1H3/b3-2+/t10-/m1/s1. The molecule has 3 heteroatoms. The van der Waals surface area contributed by atoms with Gasteiger partial charge in [-0.2, -0.15) is 0 Å². The molecule has 0 aromatic heterocycles. The zero-order valence-corrected chi connectivity index (χ0v) is 10.2. The van der Waals surface area contributed by atoms with Crippen molar-refractivity contribution in [2.45, 2.75) is 13.0 Å². The third-order valence-electron chi connectivity index (χ3n) is 2.17. The van der Waals surface area contributed by atoms with Crippen LogP contribution >= 0.6 is 23.2 Å². The first kappa shape index (κ1) is 12.6. The fraction of sp³-hybridized carbons (Fsp3) is 0.333. The number of alkyl halides is 1. The second kappa shape index (κ2) is 6.89. The molecule has 82 valence electrons. The minimum absolute atomic E-state index is 0.322. The predicted octanol–water partition coefficient (Wildman–Crippen LogP) is 3.79. The summed E-state index contributed by atoms with van der Waals surface area (Å²) in [6.07, 6.45) is 3.96. The van der Waals surface area contributed by atoms with E-state index in [9.17, 15) is 0 Å². The Labute approximate surface area is 101 Å². The molecular formula is C12H15Cl2N. The SMILES string of the molecule is C[C@@H](NC/C=C/CCl)c1ccc(Cl)cc1. The molecule has 0 aliphatic rings. The van der Waals surface area contributed by atoms with E-state index in [2.05, 4.69) is 12.2 Å². The van der Waals surface area contributed by atoms with Crippen LogP contribution < -0.4 is 5.32 Å². The highest BCUT2D eigenvalue weighted by atomic mass is 35.5. The molecular weight excluding hydrogens is 229 g/mol. The number of halogens is 2. The molecule has 0 spiro atoms. The van der Waals surface area contributed by atoms with Crippen molar-refractivity contribution in [3.05, 3.63) is 47.0 Å². The van der Waals surface area contributed by atoms with Gasteiger partial charge in [0.05, 0.1) is 0 Å². The highest BCUT2D eigenvalue weighted by molar-refractivity contribution is 6.30. The molecule has 1 aromatic rings. The highest BCUT2D eigenvalue weighted by Gasteiger charge is 2.02. The lowest BCUT2D eigenvalue weighted by molar-refractivity contribution is 0.617. The van der Waals surface area contributed by atoms with Crippen molar-refractivity contribution < 1.29 is 0 Å². The average Bonchev–Trinajstić information content (AvgIpc) is 2.25. The number of nitrogens with one attached hydrogen (secondary N) is 1. The topological polar surface area (TPSA) is 12.0 Å². The minimum atomic E-state index is 0.322. The summed E-state index contributed by atoms with van der Waals surface area (Å²) in [7, 11) is 0. The van der Waals surface area contributed by atoms with Gasteiger partial charge in [-0.1, -0.05) is 35.9 Å². The molecule has 0 saturated heterocycles. The molecule has 1 atom stereocenters. The van der Waals surface area contributed by atoms with E-state index in [0.29, 0.717) is 11.9 Å². The van der Waals surface area contributed by atoms with Crippen LogP contribution in [-0.2, 0) is 0 Å². The molecule has 1 N–H and O–H groups in total. The van der Waals surface area contributed by atoms with Gasteiger partial charge in [0.15, 0.2) is 0 Å². The smallest absolute Gasteiger partial charge is 0.0406 e. The molecule has 0 unspecified atom stereocenters. The Morgan fingerprint density at radius 3 is 2.53 bits per heavy atom. The van der Waals surface area contributed by atoms with Crippen LogP contribution in [0, 0.1) is 0 Å². The van der Waals surface area contributed by atoms with Crippen LogP contribution in [0.5, 0.6) is 0 Å². The van der Waals surface area contributed by atoms with E-state index in [0.717, 1.165) is 11.6 Å². The van der Waals surface area contributed by atoms with Crippen molar-refractivity contribution in [1.82, 2.24) is 5.32 Å². The molecule has 1 rings (SSSR count). The Bertz CT molecular complexity index is 306. The van der Waals surface area contributed by atoms with E-state index >= 15 is 0 Å². The summed E-state index contributed by atoms with van der Waals surface area (Å²) in [5.41, 5.74) is 1.23. The van der Waals surface area contributed by atoms with Crippen LogP contribution in [0.2, 0.25) is 5.02 Å². The Kier molecular flexibility index (Phi) is 5.77. The summed E-state index contributed by atoms with van der Waals surface area (Å²) >= 11 is 11.3. The molecule has 0 aliphatic carbocycles. The fourth-order valence-electron chi connectivity index (χ4n) is 1.26. The summed E-state index contributed by atoms with van der Waals surface area (Å²) in [4.78, 5) is 0. The van der Waals surface area contributed by atoms with E-state index in [1.807, 2.05) is 36.4 Å². The summed E-state index contributed by atoms with van der Waals surface area (Å²) in [6, 6.07) is 8.20. The van der Waals surface area contributed by atoms with Gasteiger partial charge in [-0.3, -0.25) is 0 Å². The molecule has 0 heterocycles. The Morgan fingerprint density at radius 2 is 1.93 bits per heavy atom. The third-order valence-corrected chi connectivity index (χ3v) is 2.60. The van der Waals surface area contributed by atoms with Gasteiger partial charge < -0.3 is 5.32 Å². The maximum Gasteiger partial charge on any atom is 0.0406 e. The normalized spacial score (nSPS) is 13.3. The summed E-state index contributed by atoms with van der Waals surface area (Å²) < 4.78 is 0. The lowest BCUT2D eigenvalue weighted by atomic mass is 10.1. The van der Waals surface area contributed by atoms with Crippen LogP contribution in [0.4, 0.5) is 0 Å². The van der Waals surface area contributed by atoms with Crippen molar-refractivity contribution in [3.63, 3.8) is 0 Å². The largest absolute Gasteiger partial charge is 0.307 e. The quantitative estimate of drug-likeness (QED) is 0.613. The monoisotopic (exact) mass is 243 g/mol. The molecule has 0 fully saturated rings. The first-order valence-electron chi connectivity index (χ1n) is 4.94. The van der Waals surface area contributed by atoms with Crippen LogP contribution in [0.25, 0.3) is 0 Å². The van der Waals surface area contributed by atoms with Crippen molar-refractivity contribution in [2.24, 2.45) is 0 Å². The Morgan fingerprint density at radius 1 is 1.27 bits per heavy atom. The third kappa shape index (κ3) is 4.70. The van der Waals surface area contributed by atoms with E-state index < -0.39 is 0 Å². The first-order valence-corrected chi connectivity index (χ1v) is 5.85. The first-order chi connectivity index (χ1) is 7.24. The van der Waals surface area contributed by atoms with Crippen molar-refractivity contribution >= 4 is 23.2 Å². The molecule has 0 aliphatic heterocycles. The summed E-state index contributed by atoms with van der Waals surface area (Å²) in [6.45, 7) is 2.95. The van der Waals surface area contributed by atoms with Gasteiger partial charge in [0.25, 0.3) is 0 Å². The second-order valence-electron chi connectivity index (χ2n) is 3.31. The van der Waals surface area contributed by atoms with Crippen molar-refractivity contribution in [1.29, 1.82) is 0 Å². The lowest BCUT2D eigenvalue weighted by Gasteiger charge is -2.12. The average molecular weight is 244 g/mol. The van der Waals surface area contributed by atoms with E-state index in [-0.39, 0.29) is 0 Å². The van der Waals surface area contributed by atoms with Gasteiger partial charge in [0, 0.05) is 23.5 Å². The van der Waals surface area contributed by atoms with E-state index in [1.54, 1.807) is 0 Å². The van der Waals surface area contributed by atoms with Gasteiger partial charge in [-0.25, -0.2) is 0 Å². The number of allylic oxidation sites excluding steroid dienone is 1. The zero-order chi connectivity index (χ0) is 11.1. The van der Waals surface area contributed by atoms with Crippen LogP contribution in [-0.4, -0.2) is 12.4 Å². The maximum atomic E-state index is 5.82. The maximum absolute atomic E-state index is 5.82. The van der Waals surface area contributed by atoms with E-state index in [1.165, 1.54) is 5.56 Å². The van der Waals surface area contributed by atoms with Gasteiger partial charge in [0.1, 0.15) is 0 Å². The molecule has 0 saturated carbocycles. The van der Waals surface area contributed by atoms with Crippen LogP contribution in [0.1, 0.15) is 18.5 Å². The number of rotatable bonds is 5. The van der Waals surface area contributed by atoms with Gasteiger partial charge in [0.2, 0.25) is 0 Å². The predicted molar refractivity (Wildman–Crippen MR) is 67.7 cm³/mol. The molecule has 0 radical (unpaired) electrons. The Hall–Kier alpha value is -0.500. The number of hydrogen-bond donors (Lipinski definition) is 1. The highest BCUT2D eigenvalue weighted by Crippen LogP contribution is 2.15. The second-order valence-corrected chi connectivity index (χ2v) is 4.05. The van der Waals surface area contributed by atoms with E-state index in [4.69, 9.17) is 23.2 Å². The molecule has 1 nitrogen and oxygen atoms in total. The van der Waals surface area contributed by atoms with Gasteiger partial charge in [-0.05, 0) is 24.6 Å². The van der Waals surface area contributed by atoms with Crippen molar-refractivity contribution in [3.8, 4) is 0 Å². The molecule has 0 amide bonds. The number of hydrogen-bond acceptors (Lipinski definition) is 1. The van der Waals surface area contributed by atoms with Crippen LogP contribution in [0.15, 0.2) is 36.4 Å². The summed E-state index contributed by atoms with van der Waals surface area (Å²) in [5, 5.41) is 4.14. The Balaban J connectivity index is 2.43. The minimum Gasteiger partial charge on any atom is -0.307 e. The fourth-order valence-corrected chi connectivity index (χ4v) is 1.51.